The highest BCUT2D eigenvalue weighted by Gasteiger charge is 2.24. The van der Waals surface area contributed by atoms with Gasteiger partial charge in [0.25, 0.3) is 5.91 Å². The Morgan fingerprint density at radius 2 is 2.33 bits per heavy atom. The number of aliphatic hydroxyl groups excluding tert-OH is 1. The van der Waals surface area contributed by atoms with Gasteiger partial charge in [0.05, 0.1) is 6.54 Å². The fraction of sp³-hybridized carbons (Fsp3) is 0.400. The Kier molecular flexibility index (Phi) is 1.09. The van der Waals surface area contributed by atoms with E-state index in [1.54, 1.807) is 7.05 Å². The monoisotopic (exact) mass is 128 g/mol. The molecule has 9 heavy (non-hydrogen) atoms. The molecule has 0 atom stereocenters. The van der Waals surface area contributed by atoms with E-state index in [2.05, 4.69) is 0 Å². The molecule has 0 saturated heterocycles. The van der Waals surface area contributed by atoms with Gasteiger partial charge in [0.15, 0.2) is 0 Å². The molecule has 1 amide bonds. The fourth-order valence-corrected chi connectivity index (χ4v) is 0.711. The second kappa shape index (κ2) is 1.65. The van der Waals surface area contributed by atoms with Crippen LogP contribution in [0.2, 0.25) is 0 Å². The number of nitrogens with zero attached hydrogens (tertiary/aromatic N) is 1. The zero-order valence-electron chi connectivity index (χ0n) is 5.09. The Morgan fingerprint density at radius 3 is 2.44 bits per heavy atom. The minimum absolute atomic E-state index is 0.0255. The van der Waals surface area contributed by atoms with E-state index in [0.717, 1.165) is 0 Å². The average molecular weight is 128 g/mol. The summed E-state index contributed by atoms with van der Waals surface area (Å²) in [5.74, 6) is -0.324. The van der Waals surface area contributed by atoms with Gasteiger partial charge in [-0.1, -0.05) is 0 Å². The van der Waals surface area contributed by atoms with E-state index in [-0.39, 0.29) is 23.9 Å². The molecule has 1 heterocycles. The second-order valence-corrected chi connectivity index (χ2v) is 2.02. The molecule has 1 rings (SSSR count). The third-order valence-corrected chi connectivity index (χ3v) is 1.27. The van der Waals surface area contributed by atoms with E-state index in [0.29, 0.717) is 0 Å². The van der Waals surface area contributed by atoms with Crippen molar-refractivity contribution in [1.29, 1.82) is 0 Å². The first-order valence-electron chi connectivity index (χ1n) is 2.56. The molecule has 4 nitrogen and oxygen atoms in total. The molecule has 0 bridgehead atoms. The average Bonchev–Trinajstić information content (AvgIpc) is 1.98. The van der Waals surface area contributed by atoms with Crippen LogP contribution >= 0.6 is 0 Å². The highest BCUT2D eigenvalue weighted by atomic mass is 16.3. The van der Waals surface area contributed by atoms with Gasteiger partial charge in [-0.05, 0) is 0 Å². The lowest BCUT2D eigenvalue weighted by Gasteiger charge is -2.04. The summed E-state index contributed by atoms with van der Waals surface area (Å²) in [4.78, 5) is 12.1. The van der Waals surface area contributed by atoms with Gasteiger partial charge < -0.3 is 15.7 Å². The minimum atomic E-state index is -0.299. The smallest absolute Gasteiger partial charge is 0.273 e. The maximum absolute atomic E-state index is 10.7. The first-order chi connectivity index (χ1) is 4.13. The number of carbonyl (C=O) groups excluding carboxylic acids is 1. The lowest BCUT2D eigenvalue weighted by Crippen LogP contribution is -2.23. The van der Waals surface area contributed by atoms with E-state index in [1.807, 2.05) is 0 Å². The maximum Gasteiger partial charge on any atom is 0.273 e. The van der Waals surface area contributed by atoms with Crippen LogP contribution in [-0.2, 0) is 4.79 Å². The maximum atomic E-state index is 10.7. The number of hydrogen-bond donors (Lipinski definition) is 2. The first-order valence-corrected chi connectivity index (χ1v) is 2.56. The predicted molar refractivity (Wildman–Crippen MR) is 31.5 cm³/mol. The molecule has 0 aromatic carbocycles. The number of carbonyl (C=O) groups is 1. The van der Waals surface area contributed by atoms with Crippen molar-refractivity contribution in [3.05, 3.63) is 11.5 Å². The number of nitrogens with two attached hydrogens (primary N) is 1. The lowest BCUT2D eigenvalue weighted by molar-refractivity contribution is -0.124. The first kappa shape index (κ1) is 5.94. The van der Waals surface area contributed by atoms with E-state index in [9.17, 15) is 4.79 Å². The Balaban J connectivity index is 2.87. The summed E-state index contributed by atoms with van der Waals surface area (Å²) in [6.45, 7) is 0.241. The minimum Gasteiger partial charge on any atom is -0.508 e. The number of hydrogen-bond acceptors (Lipinski definition) is 3. The van der Waals surface area contributed by atoms with Crippen molar-refractivity contribution in [2.45, 2.75) is 0 Å². The molecule has 4 heteroatoms. The van der Waals surface area contributed by atoms with Crippen LogP contribution in [0, 0.1) is 0 Å². The van der Waals surface area contributed by atoms with Gasteiger partial charge in [0.2, 0.25) is 0 Å². The summed E-state index contributed by atoms with van der Waals surface area (Å²) in [6, 6.07) is 0. The quantitative estimate of drug-likeness (QED) is 0.448. The molecule has 0 aromatic rings. The van der Waals surface area contributed by atoms with Crippen molar-refractivity contribution < 1.29 is 9.90 Å². The predicted octanol–water partition coefficient (Wildman–Crippen LogP) is -0.813. The van der Waals surface area contributed by atoms with Gasteiger partial charge >= 0.3 is 0 Å². The van der Waals surface area contributed by atoms with E-state index < -0.39 is 0 Å². The fourth-order valence-electron chi connectivity index (χ4n) is 0.711. The molecule has 0 unspecified atom stereocenters. The number of amides is 1. The van der Waals surface area contributed by atoms with Crippen LogP contribution in [0.1, 0.15) is 0 Å². The van der Waals surface area contributed by atoms with E-state index >= 15 is 0 Å². The Labute approximate surface area is 52.6 Å². The van der Waals surface area contributed by atoms with Crippen LogP contribution < -0.4 is 5.73 Å². The van der Waals surface area contributed by atoms with Crippen molar-refractivity contribution >= 4 is 5.91 Å². The van der Waals surface area contributed by atoms with Crippen molar-refractivity contribution in [2.75, 3.05) is 13.6 Å². The van der Waals surface area contributed by atoms with Crippen LogP contribution in [0.5, 0.6) is 0 Å². The lowest BCUT2D eigenvalue weighted by atomic mass is 10.4. The molecular formula is C5H8N2O2. The Bertz CT molecular complexity index is 185. The van der Waals surface area contributed by atoms with Crippen molar-refractivity contribution in [2.24, 2.45) is 5.73 Å². The van der Waals surface area contributed by atoms with Crippen LogP contribution in [0.3, 0.4) is 0 Å². The normalized spacial score (nSPS) is 19.7. The summed E-state index contributed by atoms with van der Waals surface area (Å²) in [6.07, 6.45) is 0. The van der Waals surface area contributed by atoms with Gasteiger partial charge in [0.1, 0.15) is 11.5 Å². The molecule has 0 fully saturated rings. The SMILES string of the molecule is CN1CC(O)=C(N)C1=O. The zero-order valence-corrected chi connectivity index (χ0v) is 5.09. The summed E-state index contributed by atoms with van der Waals surface area (Å²) >= 11 is 0. The molecule has 0 radical (unpaired) electrons. The molecule has 0 spiro atoms. The highest BCUT2D eigenvalue weighted by molar-refractivity contribution is 5.95. The van der Waals surface area contributed by atoms with Crippen LogP contribution in [0.25, 0.3) is 0 Å². The van der Waals surface area contributed by atoms with Crippen LogP contribution in [0.15, 0.2) is 11.5 Å². The molecule has 50 valence electrons. The largest absolute Gasteiger partial charge is 0.508 e. The van der Waals surface area contributed by atoms with Gasteiger partial charge in [-0.3, -0.25) is 4.79 Å². The summed E-state index contributed by atoms with van der Waals surface area (Å²) in [7, 11) is 1.58. The number of likely N-dealkylation sites (N-methyl/N-ethyl adjacent to an activating group) is 1. The van der Waals surface area contributed by atoms with Crippen molar-refractivity contribution in [1.82, 2.24) is 4.90 Å². The Hall–Kier alpha value is -1.19. The third kappa shape index (κ3) is 0.718. The van der Waals surface area contributed by atoms with Crippen molar-refractivity contribution in [3.8, 4) is 0 Å². The van der Waals surface area contributed by atoms with Gasteiger partial charge in [-0.15, -0.1) is 0 Å². The molecule has 1 aliphatic rings. The Morgan fingerprint density at radius 1 is 1.78 bits per heavy atom. The molecule has 1 aliphatic heterocycles. The molecule has 0 aliphatic carbocycles. The number of rotatable bonds is 0. The van der Waals surface area contributed by atoms with Crippen molar-refractivity contribution in [3.63, 3.8) is 0 Å². The molecule has 3 N–H and O–H groups in total. The van der Waals surface area contributed by atoms with Crippen LogP contribution in [-0.4, -0.2) is 29.5 Å². The number of aliphatic hydroxyl groups is 1. The van der Waals surface area contributed by atoms with E-state index in [4.69, 9.17) is 10.8 Å². The molecule has 0 aromatic heterocycles. The third-order valence-electron chi connectivity index (χ3n) is 1.27. The van der Waals surface area contributed by atoms with Gasteiger partial charge in [-0.25, -0.2) is 0 Å². The van der Waals surface area contributed by atoms with E-state index in [1.165, 1.54) is 4.90 Å². The molecular weight excluding hydrogens is 120 g/mol. The highest BCUT2D eigenvalue weighted by Crippen LogP contribution is 2.08. The zero-order chi connectivity index (χ0) is 7.02. The topological polar surface area (TPSA) is 66.6 Å². The summed E-state index contributed by atoms with van der Waals surface area (Å²) in [5, 5.41) is 8.83. The molecule has 0 saturated carbocycles. The van der Waals surface area contributed by atoms with Gasteiger partial charge in [0, 0.05) is 7.05 Å². The second-order valence-electron chi connectivity index (χ2n) is 2.02. The van der Waals surface area contributed by atoms with Gasteiger partial charge in [-0.2, -0.15) is 0 Å². The summed E-state index contributed by atoms with van der Waals surface area (Å²) < 4.78 is 0. The standard InChI is InChI=1S/C5H8N2O2/c1-7-2-3(8)4(6)5(7)9/h8H,2,6H2,1H3. The van der Waals surface area contributed by atoms with Crippen LogP contribution in [0.4, 0.5) is 0 Å². The summed E-state index contributed by atoms with van der Waals surface area (Å²) in [5.41, 5.74) is 5.12.